The smallest absolute Gasteiger partial charge is 0.174 e. The van der Waals surface area contributed by atoms with Crippen LogP contribution in [0.2, 0.25) is 0 Å². The lowest BCUT2D eigenvalue weighted by atomic mass is 10.2. The van der Waals surface area contributed by atoms with Crippen LogP contribution in [-0.4, -0.2) is 34.3 Å². The van der Waals surface area contributed by atoms with Gasteiger partial charge in [0.1, 0.15) is 17.4 Å². The summed E-state index contributed by atoms with van der Waals surface area (Å²) in [6, 6.07) is 7.50. The van der Waals surface area contributed by atoms with Gasteiger partial charge in [-0.1, -0.05) is 34.9 Å². The number of aryl methyl sites for hydroxylation is 1. The Balaban J connectivity index is 1.74. The number of aliphatic hydroxyl groups excluding tert-OH is 1. The minimum atomic E-state index is -0.124. The Morgan fingerprint density at radius 3 is 2.75 bits per heavy atom. The SMILES string of the molecule is Cc1nnc(SCCOc2ccc(C#CCO)cc2)s1. The molecule has 20 heavy (non-hydrogen) atoms. The second-order valence-corrected chi connectivity index (χ2v) is 6.29. The van der Waals surface area contributed by atoms with E-state index in [4.69, 9.17) is 9.84 Å². The molecule has 2 rings (SSSR count). The van der Waals surface area contributed by atoms with E-state index in [9.17, 15) is 0 Å². The van der Waals surface area contributed by atoms with Crippen LogP contribution in [0.1, 0.15) is 10.6 Å². The molecule has 104 valence electrons. The standard InChI is InChI=1S/C14H14N2O2S2/c1-11-15-16-14(20-11)19-10-9-18-13-6-4-12(5-7-13)3-2-8-17/h4-7,17H,8-10H2,1H3. The summed E-state index contributed by atoms with van der Waals surface area (Å²) in [7, 11) is 0. The van der Waals surface area contributed by atoms with E-state index in [1.54, 1.807) is 23.1 Å². The average molecular weight is 306 g/mol. The van der Waals surface area contributed by atoms with Crippen LogP contribution in [0.4, 0.5) is 0 Å². The Bertz CT molecular complexity index is 600. The molecule has 0 saturated heterocycles. The second kappa shape index (κ2) is 7.90. The van der Waals surface area contributed by atoms with Crippen molar-refractivity contribution in [2.45, 2.75) is 11.3 Å². The Kier molecular flexibility index (Phi) is 5.87. The van der Waals surface area contributed by atoms with Crippen molar-refractivity contribution in [1.29, 1.82) is 0 Å². The molecule has 1 aromatic heterocycles. The van der Waals surface area contributed by atoms with Gasteiger partial charge in [-0.05, 0) is 31.2 Å². The molecule has 1 heterocycles. The fourth-order valence-electron chi connectivity index (χ4n) is 1.40. The van der Waals surface area contributed by atoms with Crippen LogP contribution < -0.4 is 4.74 Å². The van der Waals surface area contributed by atoms with Gasteiger partial charge in [0.05, 0.1) is 6.61 Å². The van der Waals surface area contributed by atoms with E-state index in [1.165, 1.54) is 0 Å². The number of nitrogens with zero attached hydrogens (tertiary/aromatic N) is 2. The van der Waals surface area contributed by atoms with E-state index in [2.05, 4.69) is 22.0 Å². The van der Waals surface area contributed by atoms with Crippen molar-refractivity contribution in [2.24, 2.45) is 0 Å². The molecule has 1 aromatic carbocycles. The summed E-state index contributed by atoms with van der Waals surface area (Å²) in [5.41, 5.74) is 0.866. The largest absolute Gasteiger partial charge is 0.493 e. The van der Waals surface area contributed by atoms with E-state index >= 15 is 0 Å². The summed E-state index contributed by atoms with van der Waals surface area (Å²) in [5, 5.41) is 17.6. The maximum absolute atomic E-state index is 8.61. The minimum Gasteiger partial charge on any atom is -0.493 e. The summed E-state index contributed by atoms with van der Waals surface area (Å²) in [4.78, 5) is 0. The molecule has 6 heteroatoms. The number of benzene rings is 1. The van der Waals surface area contributed by atoms with Crippen LogP contribution in [0.15, 0.2) is 28.6 Å². The molecule has 2 aromatic rings. The zero-order valence-corrected chi connectivity index (χ0v) is 12.6. The van der Waals surface area contributed by atoms with Crippen LogP contribution in [0.3, 0.4) is 0 Å². The van der Waals surface area contributed by atoms with E-state index in [-0.39, 0.29) is 6.61 Å². The summed E-state index contributed by atoms with van der Waals surface area (Å²) < 4.78 is 6.60. The highest BCUT2D eigenvalue weighted by atomic mass is 32.2. The molecule has 0 atom stereocenters. The molecule has 0 unspecified atom stereocenters. The summed E-state index contributed by atoms with van der Waals surface area (Å²) >= 11 is 3.24. The van der Waals surface area contributed by atoms with Gasteiger partial charge in [0.2, 0.25) is 0 Å². The lowest BCUT2D eigenvalue weighted by Gasteiger charge is -2.04. The van der Waals surface area contributed by atoms with Gasteiger partial charge in [-0.2, -0.15) is 0 Å². The molecule has 0 fully saturated rings. The van der Waals surface area contributed by atoms with Crippen LogP contribution >= 0.6 is 23.1 Å². The van der Waals surface area contributed by atoms with Gasteiger partial charge in [-0.25, -0.2) is 0 Å². The summed E-state index contributed by atoms with van der Waals surface area (Å²) in [5.74, 6) is 7.09. The first-order valence-electron chi connectivity index (χ1n) is 6.03. The molecule has 0 aliphatic rings. The van der Waals surface area contributed by atoms with Crippen LogP contribution in [0, 0.1) is 18.8 Å². The molecule has 4 nitrogen and oxygen atoms in total. The monoisotopic (exact) mass is 306 g/mol. The van der Waals surface area contributed by atoms with Gasteiger partial charge in [0.15, 0.2) is 4.34 Å². The first-order chi connectivity index (χ1) is 9.78. The van der Waals surface area contributed by atoms with Crippen LogP contribution in [0.5, 0.6) is 5.75 Å². The lowest BCUT2D eigenvalue weighted by Crippen LogP contribution is -1.99. The molecule has 0 amide bonds. The molecule has 1 N–H and O–H groups in total. The molecular formula is C14H14N2O2S2. The Hall–Kier alpha value is -1.55. The topological polar surface area (TPSA) is 55.2 Å². The number of aromatic nitrogens is 2. The lowest BCUT2D eigenvalue weighted by molar-refractivity contribution is 0.344. The molecule has 0 spiro atoms. The zero-order valence-electron chi connectivity index (χ0n) is 11.0. The first kappa shape index (κ1) is 14.9. The fraction of sp³-hybridized carbons (Fsp3) is 0.286. The van der Waals surface area contributed by atoms with Crippen LogP contribution in [-0.2, 0) is 0 Å². The highest BCUT2D eigenvalue weighted by molar-refractivity contribution is 8.01. The predicted molar refractivity (Wildman–Crippen MR) is 81.3 cm³/mol. The van der Waals surface area contributed by atoms with Crippen molar-refractivity contribution >= 4 is 23.1 Å². The van der Waals surface area contributed by atoms with Gasteiger partial charge in [0, 0.05) is 11.3 Å². The van der Waals surface area contributed by atoms with Gasteiger partial charge in [-0.3, -0.25) is 0 Å². The maximum atomic E-state index is 8.61. The molecule has 0 aliphatic heterocycles. The van der Waals surface area contributed by atoms with Crippen molar-refractivity contribution < 1.29 is 9.84 Å². The Labute approximate surface area is 126 Å². The molecule has 0 saturated carbocycles. The predicted octanol–water partition coefficient (Wildman–Crippen LogP) is 2.36. The molecular weight excluding hydrogens is 292 g/mol. The first-order valence-corrected chi connectivity index (χ1v) is 7.83. The highest BCUT2D eigenvalue weighted by Crippen LogP contribution is 2.21. The van der Waals surface area contributed by atoms with E-state index < -0.39 is 0 Å². The number of hydrogen-bond acceptors (Lipinski definition) is 6. The molecule has 0 bridgehead atoms. The van der Waals surface area contributed by atoms with Crippen molar-refractivity contribution in [1.82, 2.24) is 10.2 Å². The minimum absolute atomic E-state index is 0.124. The molecule has 0 radical (unpaired) electrons. The van der Waals surface area contributed by atoms with E-state index in [1.807, 2.05) is 31.2 Å². The number of hydrogen-bond donors (Lipinski definition) is 1. The summed E-state index contributed by atoms with van der Waals surface area (Å²) in [6.07, 6.45) is 0. The van der Waals surface area contributed by atoms with Crippen molar-refractivity contribution in [3.05, 3.63) is 34.8 Å². The highest BCUT2D eigenvalue weighted by Gasteiger charge is 2.01. The number of rotatable bonds is 5. The van der Waals surface area contributed by atoms with Gasteiger partial charge in [0.25, 0.3) is 0 Å². The van der Waals surface area contributed by atoms with Crippen LogP contribution in [0.25, 0.3) is 0 Å². The Morgan fingerprint density at radius 1 is 1.30 bits per heavy atom. The van der Waals surface area contributed by atoms with Gasteiger partial charge >= 0.3 is 0 Å². The normalized spacial score (nSPS) is 9.90. The third-order valence-electron chi connectivity index (χ3n) is 2.25. The second-order valence-electron chi connectivity index (χ2n) is 3.77. The van der Waals surface area contributed by atoms with Crippen molar-refractivity contribution in [3.8, 4) is 17.6 Å². The number of ether oxygens (including phenoxy) is 1. The third-order valence-corrected chi connectivity index (χ3v) is 4.19. The van der Waals surface area contributed by atoms with E-state index in [0.29, 0.717) is 6.61 Å². The van der Waals surface area contributed by atoms with Gasteiger partial charge in [-0.15, -0.1) is 10.2 Å². The number of thioether (sulfide) groups is 1. The fourth-order valence-corrected chi connectivity index (χ4v) is 3.10. The Morgan fingerprint density at radius 2 is 2.10 bits per heavy atom. The zero-order chi connectivity index (χ0) is 14.2. The third kappa shape index (κ3) is 4.85. The molecule has 0 aliphatic carbocycles. The maximum Gasteiger partial charge on any atom is 0.174 e. The van der Waals surface area contributed by atoms with Crippen molar-refractivity contribution in [2.75, 3.05) is 19.0 Å². The number of aliphatic hydroxyl groups is 1. The van der Waals surface area contributed by atoms with Gasteiger partial charge < -0.3 is 9.84 Å². The quantitative estimate of drug-likeness (QED) is 0.522. The average Bonchev–Trinajstić information content (AvgIpc) is 2.88. The summed E-state index contributed by atoms with van der Waals surface area (Å²) in [6.45, 7) is 2.44. The van der Waals surface area contributed by atoms with E-state index in [0.717, 1.165) is 26.4 Å². The van der Waals surface area contributed by atoms with Crippen molar-refractivity contribution in [3.63, 3.8) is 0 Å².